The van der Waals surface area contributed by atoms with E-state index in [1.807, 2.05) is 45.3 Å². The third-order valence-corrected chi connectivity index (χ3v) is 4.52. The number of hydrogen-bond acceptors (Lipinski definition) is 3. The van der Waals surface area contributed by atoms with Gasteiger partial charge in [0.05, 0.1) is 5.60 Å². The summed E-state index contributed by atoms with van der Waals surface area (Å²) >= 11 is 0. The Hall–Kier alpha value is -2.78. The van der Waals surface area contributed by atoms with Crippen molar-refractivity contribution in [1.29, 1.82) is 0 Å². The van der Waals surface area contributed by atoms with E-state index in [-0.39, 0.29) is 0 Å². The molecule has 3 aromatic rings. The Morgan fingerprint density at radius 3 is 2.03 bits per heavy atom. The lowest BCUT2D eigenvalue weighted by atomic mass is 9.92. The summed E-state index contributed by atoms with van der Waals surface area (Å²) in [5.74, 6) is 0.818. The summed E-state index contributed by atoms with van der Waals surface area (Å²) in [6.07, 6.45) is 8.82. The third kappa shape index (κ3) is 7.28. The van der Waals surface area contributed by atoms with Crippen molar-refractivity contribution in [2.45, 2.75) is 53.6 Å². The summed E-state index contributed by atoms with van der Waals surface area (Å²) in [6, 6.07) is 14.7. The molecule has 0 radical (unpaired) electrons. The molecule has 3 rings (SSSR count). The van der Waals surface area contributed by atoms with Crippen LogP contribution in [0.25, 0.3) is 17.2 Å². The molecular formula is C26H32N2O. The van der Waals surface area contributed by atoms with E-state index in [9.17, 15) is 5.11 Å². The van der Waals surface area contributed by atoms with Crippen LogP contribution in [-0.4, -0.2) is 15.1 Å². The highest BCUT2D eigenvalue weighted by Gasteiger charge is 2.17. The van der Waals surface area contributed by atoms with Crippen LogP contribution in [0.5, 0.6) is 0 Å². The van der Waals surface area contributed by atoms with E-state index in [0.717, 1.165) is 28.9 Å². The van der Waals surface area contributed by atoms with Gasteiger partial charge in [0.1, 0.15) is 5.82 Å². The van der Waals surface area contributed by atoms with E-state index in [0.29, 0.717) is 0 Å². The summed E-state index contributed by atoms with van der Waals surface area (Å²) < 4.78 is 0. The molecule has 3 heteroatoms. The zero-order chi connectivity index (χ0) is 21.4. The molecule has 1 aromatic heterocycles. The Kier molecular flexibility index (Phi) is 7.86. The molecule has 0 atom stereocenters. The zero-order valence-electron chi connectivity index (χ0n) is 18.4. The Balaban J connectivity index is 0.000000234. The number of hydrogen-bond donors (Lipinski definition) is 1. The van der Waals surface area contributed by atoms with Gasteiger partial charge >= 0.3 is 0 Å². The topological polar surface area (TPSA) is 46.0 Å². The second-order valence-corrected chi connectivity index (χ2v) is 7.89. The molecule has 3 nitrogen and oxygen atoms in total. The zero-order valence-corrected chi connectivity index (χ0v) is 18.4. The molecular weight excluding hydrogens is 356 g/mol. The van der Waals surface area contributed by atoms with E-state index in [1.165, 1.54) is 16.7 Å². The fourth-order valence-corrected chi connectivity index (χ4v) is 2.79. The number of rotatable bonds is 4. The fraction of sp³-hybridized carbons (Fsp3) is 0.308. The number of aromatic nitrogens is 2. The highest BCUT2D eigenvalue weighted by atomic mass is 16.3. The first-order valence-corrected chi connectivity index (χ1v) is 10.1. The van der Waals surface area contributed by atoms with Gasteiger partial charge in [-0.05, 0) is 63.8 Å². The predicted octanol–water partition coefficient (Wildman–Crippen LogP) is 6.41. The summed E-state index contributed by atoms with van der Waals surface area (Å²) in [7, 11) is 0. The maximum atomic E-state index is 10.1. The number of aryl methyl sites for hydroxylation is 3. The minimum atomic E-state index is -0.800. The van der Waals surface area contributed by atoms with Crippen LogP contribution in [0.15, 0.2) is 60.9 Å². The lowest BCUT2D eigenvalue weighted by molar-refractivity contribution is 0.0786. The molecule has 1 heterocycles. The monoisotopic (exact) mass is 388 g/mol. The first-order valence-electron chi connectivity index (χ1n) is 10.1. The van der Waals surface area contributed by atoms with E-state index < -0.39 is 5.60 Å². The molecule has 1 N–H and O–H groups in total. The Morgan fingerprint density at radius 1 is 0.862 bits per heavy atom. The van der Waals surface area contributed by atoms with Gasteiger partial charge in [-0.1, -0.05) is 66.6 Å². The van der Waals surface area contributed by atoms with Gasteiger partial charge in [-0.2, -0.15) is 0 Å². The predicted molar refractivity (Wildman–Crippen MR) is 123 cm³/mol. The van der Waals surface area contributed by atoms with E-state index in [4.69, 9.17) is 0 Å². The van der Waals surface area contributed by atoms with Gasteiger partial charge in [0.2, 0.25) is 0 Å². The fourth-order valence-electron chi connectivity index (χ4n) is 2.79. The maximum Gasteiger partial charge on any atom is 0.125 e. The summed E-state index contributed by atoms with van der Waals surface area (Å²) in [6.45, 7) is 11.8. The van der Waals surface area contributed by atoms with Crippen LogP contribution >= 0.6 is 0 Å². The molecule has 29 heavy (non-hydrogen) atoms. The van der Waals surface area contributed by atoms with Gasteiger partial charge in [-0.3, -0.25) is 0 Å². The molecule has 0 aliphatic carbocycles. The Morgan fingerprint density at radius 2 is 1.48 bits per heavy atom. The normalized spacial score (nSPS) is 11.3. The van der Waals surface area contributed by atoms with Crippen LogP contribution in [-0.2, 0) is 5.60 Å². The van der Waals surface area contributed by atoms with Crippen molar-refractivity contribution in [1.82, 2.24) is 9.97 Å². The third-order valence-electron chi connectivity index (χ3n) is 4.52. The summed E-state index contributed by atoms with van der Waals surface area (Å²) in [5.41, 5.74) is 6.00. The minimum absolute atomic E-state index is 0.800. The minimum Gasteiger partial charge on any atom is -0.386 e. The van der Waals surface area contributed by atoms with Crippen LogP contribution in [0, 0.1) is 20.8 Å². The van der Waals surface area contributed by atoms with Crippen LogP contribution in [0.1, 0.15) is 55.3 Å². The molecule has 0 bridgehead atoms. The lowest BCUT2D eigenvalue weighted by Crippen LogP contribution is -2.15. The van der Waals surface area contributed by atoms with Crippen LogP contribution < -0.4 is 0 Å². The molecule has 0 saturated heterocycles. The van der Waals surface area contributed by atoms with E-state index >= 15 is 0 Å². The smallest absolute Gasteiger partial charge is 0.125 e. The highest BCUT2D eigenvalue weighted by molar-refractivity contribution is 5.65. The highest BCUT2D eigenvalue weighted by Crippen LogP contribution is 2.28. The molecule has 0 fully saturated rings. The Labute approximate surface area is 175 Å². The number of aliphatic hydroxyl groups is 1. The van der Waals surface area contributed by atoms with Crippen LogP contribution in [0.4, 0.5) is 0 Å². The lowest BCUT2D eigenvalue weighted by Gasteiger charge is -2.19. The van der Waals surface area contributed by atoms with Crippen molar-refractivity contribution in [2.24, 2.45) is 0 Å². The standard InChI is InChI=1S/C17H20O.C9H12N2/c1-12-5-7-14(8-6-12)15-9-13(2)10-16(11-15)17(3,4)18;1-3-4-5-9-6-10-8(2)11-7-9/h5-11,18H,1-4H3;4-7H,3H2,1-2H3/b;5-4+. The average Bonchev–Trinajstić information content (AvgIpc) is 2.67. The molecule has 152 valence electrons. The van der Waals surface area contributed by atoms with E-state index in [2.05, 4.69) is 73.2 Å². The van der Waals surface area contributed by atoms with Crippen molar-refractivity contribution < 1.29 is 5.11 Å². The van der Waals surface area contributed by atoms with Gasteiger partial charge in [0.15, 0.2) is 0 Å². The first kappa shape index (κ1) is 22.5. The summed E-state index contributed by atoms with van der Waals surface area (Å²) in [5, 5.41) is 10.1. The molecule has 0 aliphatic heterocycles. The van der Waals surface area contributed by atoms with Crippen molar-refractivity contribution in [3.8, 4) is 11.1 Å². The van der Waals surface area contributed by atoms with Crippen molar-refractivity contribution >= 4 is 6.08 Å². The Bertz CT molecular complexity index is 934. The van der Waals surface area contributed by atoms with Gasteiger partial charge < -0.3 is 5.11 Å². The van der Waals surface area contributed by atoms with Crippen LogP contribution in [0.2, 0.25) is 0 Å². The molecule has 2 aromatic carbocycles. The van der Waals surface area contributed by atoms with E-state index in [1.54, 1.807) is 0 Å². The van der Waals surface area contributed by atoms with Gasteiger partial charge in [0.25, 0.3) is 0 Å². The number of nitrogens with zero attached hydrogens (tertiary/aromatic N) is 2. The van der Waals surface area contributed by atoms with Crippen molar-refractivity contribution in [3.63, 3.8) is 0 Å². The van der Waals surface area contributed by atoms with Crippen LogP contribution in [0.3, 0.4) is 0 Å². The molecule has 0 amide bonds. The van der Waals surface area contributed by atoms with Crippen molar-refractivity contribution in [3.05, 3.63) is 89.0 Å². The largest absolute Gasteiger partial charge is 0.386 e. The first-order chi connectivity index (χ1) is 13.7. The van der Waals surface area contributed by atoms with Gasteiger partial charge in [-0.25, -0.2) is 9.97 Å². The second kappa shape index (κ2) is 10.1. The van der Waals surface area contributed by atoms with Gasteiger partial charge in [0, 0.05) is 18.0 Å². The van der Waals surface area contributed by atoms with Gasteiger partial charge in [-0.15, -0.1) is 0 Å². The quantitative estimate of drug-likeness (QED) is 0.562. The SMILES string of the molecule is CC/C=C/c1cnc(C)nc1.Cc1ccc(-c2cc(C)cc(C(C)(C)O)c2)cc1. The second-order valence-electron chi connectivity index (χ2n) is 7.89. The maximum absolute atomic E-state index is 10.1. The summed E-state index contributed by atoms with van der Waals surface area (Å²) in [4.78, 5) is 8.14. The average molecular weight is 389 g/mol. The molecule has 0 unspecified atom stereocenters. The molecule has 0 spiro atoms. The number of allylic oxidation sites excluding steroid dienone is 1. The number of benzene rings is 2. The van der Waals surface area contributed by atoms with Crippen molar-refractivity contribution in [2.75, 3.05) is 0 Å². The molecule has 0 saturated carbocycles. The molecule has 0 aliphatic rings.